The van der Waals surface area contributed by atoms with Crippen molar-refractivity contribution in [3.8, 4) is 0 Å². The average molecular weight is 250 g/mol. The summed E-state index contributed by atoms with van der Waals surface area (Å²) < 4.78 is 4.88. The van der Waals surface area contributed by atoms with E-state index in [1.54, 1.807) is 12.4 Å². The summed E-state index contributed by atoms with van der Waals surface area (Å²) >= 11 is 0. The van der Waals surface area contributed by atoms with Gasteiger partial charge in [0.05, 0.1) is 7.11 Å². The molecule has 0 spiro atoms. The van der Waals surface area contributed by atoms with Crippen LogP contribution in [0.2, 0.25) is 0 Å². The van der Waals surface area contributed by atoms with Gasteiger partial charge in [-0.05, 0) is 31.2 Å². The van der Waals surface area contributed by atoms with E-state index in [1.165, 1.54) is 7.11 Å². The molecule has 0 saturated carbocycles. The lowest BCUT2D eigenvalue weighted by Gasteiger charge is -2.25. The third kappa shape index (κ3) is 4.45. The molecule has 1 unspecified atom stereocenters. The van der Waals surface area contributed by atoms with E-state index in [0.29, 0.717) is 0 Å². The maximum atomic E-state index is 11.8. The first-order chi connectivity index (χ1) is 8.69. The van der Waals surface area contributed by atoms with Crippen LogP contribution in [0.3, 0.4) is 0 Å². The van der Waals surface area contributed by atoms with Gasteiger partial charge in [0.1, 0.15) is 6.04 Å². The first-order valence-corrected chi connectivity index (χ1v) is 6.36. The molecule has 0 aromatic carbocycles. The topological polar surface area (TPSA) is 42.4 Å². The van der Waals surface area contributed by atoms with Crippen LogP contribution in [0, 0.1) is 0 Å². The summed E-state index contributed by atoms with van der Waals surface area (Å²) in [5.41, 5.74) is 1.15. The predicted octanol–water partition coefficient (Wildman–Crippen LogP) is 2.25. The van der Waals surface area contributed by atoms with E-state index in [2.05, 4.69) is 11.9 Å². The number of carbonyl (C=O) groups excluding carboxylic acids is 1. The second-order valence-electron chi connectivity index (χ2n) is 4.45. The maximum absolute atomic E-state index is 11.8. The summed E-state index contributed by atoms with van der Waals surface area (Å²) in [5.74, 6) is -0.153. The molecule has 0 bridgehead atoms. The van der Waals surface area contributed by atoms with Crippen LogP contribution >= 0.6 is 0 Å². The quantitative estimate of drug-likeness (QED) is 0.696. The van der Waals surface area contributed by atoms with Crippen LogP contribution in [0.4, 0.5) is 0 Å². The first kappa shape index (κ1) is 14.6. The van der Waals surface area contributed by atoms with Gasteiger partial charge < -0.3 is 4.74 Å². The van der Waals surface area contributed by atoms with Crippen LogP contribution in [0.25, 0.3) is 0 Å². The number of aromatic nitrogens is 1. The summed E-state index contributed by atoms with van der Waals surface area (Å²) in [6.45, 7) is 2.85. The van der Waals surface area contributed by atoms with Crippen molar-refractivity contribution < 1.29 is 9.53 Å². The van der Waals surface area contributed by atoms with Crippen LogP contribution in [0.15, 0.2) is 24.5 Å². The van der Waals surface area contributed by atoms with Gasteiger partial charge in [0.25, 0.3) is 0 Å². The van der Waals surface area contributed by atoms with Crippen molar-refractivity contribution >= 4 is 5.97 Å². The van der Waals surface area contributed by atoms with Gasteiger partial charge in [0, 0.05) is 18.9 Å². The van der Waals surface area contributed by atoms with Crippen LogP contribution < -0.4 is 0 Å². The van der Waals surface area contributed by atoms with E-state index >= 15 is 0 Å². The summed E-state index contributed by atoms with van der Waals surface area (Å²) in [6.07, 6.45) is 6.48. The Morgan fingerprint density at radius 1 is 1.44 bits per heavy atom. The number of rotatable bonds is 7. The Labute approximate surface area is 109 Å². The molecule has 1 rings (SSSR count). The number of hydrogen-bond acceptors (Lipinski definition) is 4. The predicted molar refractivity (Wildman–Crippen MR) is 71.0 cm³/mol. The number of ether oxygens (including phenoxy) is 1. The zero-order valence-corrected chi connectivity index (χ0v) is 11.4. The van der Waals surface area contributed by atoms with Crippen LogP contribution in [0.1, 0.15) is 31.7 Å². The molecule has 0 aliphatic carbocycles. The molecule has 4 nitrogen and oxygen atoms in total. The molecule has 1 atom stereocenters. The number of hydrogen-bond donors (Lipinski definition) is 0. The second-order valence-corrected chi connectivity index (χ2v) is 4.45. The average Bonchev–Trinajstić information content (AvgIpc) is 2.40. The van der Waals surface area contributed by atoms with Gasteiger partial charge in [-0.15, -0.1) is 0 Å². The molecular formula is C14H22N2O2. The number of esters is 1. The number of nitrogens with zero attached hydrogens (tertiary/aromatic N) is 2. The largest absolute Gasteiger partial charge is 0.468 e. The van der Waals surface area contributed by atoms with Crippen molar-refractivity contribution in [1.29, 1.82) is 0 Å². The fraction of sp³-hybridized carbons (Fsp3) is 0.571. The zero-order chi connectivity index (χ0) is 13.4. The molecule has 0 radical (unpaired) electrons. The lowest BCUT2D eigenvalue weighted by atomic mass is 10.1. The zero-order valence-electron chi connectivity index (χ0n) is 11.4. The van der Waals surface area contributed by atoms with Gasteiger partial charge in [-0.2, -0.15) is 0 Å². The minimum atomic E-state index is -0.164. The third-order valence-electron chi connectivity index (χ3n) is 3.02. The minimum absolute atomic E-state index is 0.153. The van der Waals surface area contributed by atoms with Gasteiger partial charge in [0.2, 0.25) is 0 Å². The van der Waals surface area contributed by atoms with E-state index < -0.39 is 0 Å². The summed E-state index contributed by atoms with van der Waals surface area (Å²) in [5, 5.41) is 0. The molecule has 1 heterocycles. The maximum Gasteiger partial charge on any atom is 0.323 e. The number of carbonyl (C=O) groups is 1. The Balaban J connectivity index is 2.63. The fourth-order valence-corrected chi connectivity index (χ4v) is 1.94. The van der Waals surface area contributed by atoms with Crippen molar-refractivity contribution in [3.63, 3.8) is 0 Å². The molecule has 0 amide bonds. The van der Waals surface area contributed by atoms with E-state index in [-0.39, 0.29) is 12.0 Å². The number of pyridine rings is 1. The van der Waals surface area contributed by atoms with Gasteiger partial charge in [-0.3, -0.25) is 14.7 Å². The Bertz CT molecular complexity index is 354. The molecule has 1 aromatic heterocycles. The lowest BCUT2D eigenvalue weighted by Crippen LogP contribution is -2.38. The van der Waals surface area contributed by atoms with Crippen molar-refractivity contribution in [1.82, 2.24) is 9.88 Å². The van der Waals surface area contributed by atoms with Crippen LogP contribution in [0.5, 0.6) is 0 Å². The molecule has 0 N–H and O–H groups in total. The Kier molecular flexibility index (Phi) is 6.36. The highest BCUT2D eigenvalue weighted by Gasteiger charge is 2.23. The van der Waals surface area contributed by atoms with Crippen molar-refractivity contribution in [3.05, 3.63) is 30.1 Å². The Morgan fingerprint density at radius 2 is 2.11 bits per heavy atom. The molecule has 0 fully saturated rings. The standard InChI is InChI=1S/C14H22N2O2/c1-4-5-6-13(14(17)18-3)16(2)11-12-7-9-15-10-8-12/h7-10,13H,4-6,11H2,1-3H3. The molecule has 18 heavy (non-hydrogen) atoms. The van der Waals surface area contributed by atoms with E-state index in [4.69, 9.17) is 4.74 Å². The lowest BCUT2D eigenvalue weighted by molar-refractivity contribution is -0.147. The summed E-state index contributed by atoms with van der Waals surface area (Å²) in [6, 6.07) is 3.76. The molecule has 4 heteroatoms. The van der Waals surface area contributed by atoms with Crippen LogP contribution in [-0.2, 0) is 16.1 Å². The molecule has 0 aliphatic heterocycles. The molecule has 1 aromatic rings. The number of unbranched alkanes of at least 4 members (excludes halogenated alkanes) is 1. The SMILES string of the molecule is CCCCC(C(=O)OC)N(C)Cc1ccncc1. The first-order valence-electron chi connectivity index (χ1n) is 6.36. The minimum Gasteiger partial charge on any atom is -0.468 e. The van der Waals surface area contributed by atoms with Gasteiger partial charge in [-0.1, -0.05) is 19.8 Å². The Hall–Kier alpha value is -1.42. The highest BCUT2D eigenvalue weighted by molar-refractivity contribution is 5.75. The smallest absolute Gasteiger partial charge is 0.323 e. The molecule has 0 aliphatic rings. The van der Waals surface area contributed by atoms with E-state index in [0.717, 1.165) is 31.4 Å². The molecule has 100 valence electrons. The summed E-state index contributed by atoms with van der Waals surface area (Å²) in [4.78, 5) is 17.8. The fourth-order valence-electron chi connectivity index (χ4n) is 1.94. The van der Waals surface area contributed by atoms with Gasteiger partial charge in [-0.25, -0.2) is 0 Å². The monoisotopic (exact) mass is 250 g/mol. The molecular weight excluding hydrogens is 228 g/mol. The molecule has 0 saturated heterocycles. The van der Waals surface area contributed by atoms with Crippen molar-refractivity contribution in [2.45, 2.75) is 38.8 Å². The van der Waals surface area contributed by atoms with Crippen LogP contribution in [-0.4, -0.2) is 36.1 Å². The van der Waals surface area contributed by atoms with E-state index in [9.17, 15) is 4.79 Å². The normalized spacial score (nSPS) is 12.4. The highest BCUT2D eigenvalue weighted by Crippen LogP contribution is 2.12. The second kappa shape index (κ2) is 7.82. The third-order valence-corrected chi connectivity index (χ3v) is 3.02. The van der Waals surface area contributed by atoms with Gasteiger partial charge in [0.15, 0.2) is 0 Å². The summed E-state index contributed by atoms with van der Waals surface area (Å²) in [7, 11) is 3.40. The van der Waals surface area contributed by atoms with Crippen molar-refractivity contribution in [2.24, 2.45) is 0 Å². The highest BCUT2D eigenvalue weighted by atomic mass is 16.5. The van der Waals surface area contributed by atoms with Gasteiger partial charge >= 0.3 is 5.97 Å². The number of methoxy groups -OCH3 is 1. The Morgan fingerprint density at radius 3 is 2.67 bits per heavy atom. The van der Waals surface area contributed by atoms with E-state index in [1.807, 2.05) is 24.1 Å². The van der Waals surface area contributed by atoms with Crippen molar-refractivity contribution in [2.75, 3.05) is 14.2 Å². The number of likely N-dealkylation sites (N-methyl/N-ethyl adjacent to an activating group) is 1.